The molecule has 1 amide bonds. The fourth-order valence-electron chi connectivity index (χ4n) is 2.82. The molecule has 3 rings (SSSR count). The van der Waals surface area contributed by atoms with Crippen LogP contribution in [0.15, 0.2) is 42.5 Å². The second kappa shape index (κ2) is 9.30. The lowest BCUT2D eigenvalue weighted by Crippen LogP contribution is -2.12. The average molecular weight is 386 g/mol. The Hall–Kier alpha value is -2.70. The van der Waals surface area contributed by atoms with Crippen molar-refractivity contribution in [3.8, 4) is 11.4 Å². The quantitative estimate of drug-likeness (QED) is 0.604. The second-order valence-corrected chi connectivity index (χ2v) is 6.37. The number of amides is 1. The van der Waals surface area contributed by atoms with E-state index in [1.807, 2.05) is 24.3 Å². The fourth-order valence-corrected chi connectivity index (χ4v) is 2.82. The standard InChI is InChI=1S/C20H23N5O.ClH/c1-13-3-4-15(14(2)11-13)7-10-19(26)22-17-8-5-16(6-9-17)20-23-18(12-21)24-25-20;/h3-6,8-9,11H,7,10,12,21H2,1-2H3,(H,22,26)(H,23,24,25);1H. The molecular formula is C20H24ClN5O. The third-order valence-corrected chi connectivity index (χ3v) is 4.27. The van der Waals surface area contributed by atoms with E-state index < -0.39 is 0 Å². The van der Waals surface area contributed by atoms with E-state index in [1.54, 1.807) is 0 Å². The number of rotatable bonds is 6. The Morgan fingerprint density at radius 1 is 1.15 bits per heavy atom. The minimum atomic E-state index is 0. The number of carbonyl (C=O) groups excluding carboxylic acids is 1. The van der Waals surface area contributed by atoms with Crippen LogP contribution < -0.4 is 11.1 Å². The highest BCUT2D eigenvalue weighted by atomic mass is 35.5. The number of hydrogen-bond donors (Lipinski definition) is 3. The van der Waals surface area contributed by atoms with Crippen molar-refractivity contribution in [3.63, 3.8) is 0 Å². The lowest BCUT2D eigenvalue weighted by molar-refractivity contribution is -0.116. The third-order valence-electron chi connectivity index (χ3n) is 4.27. The van der Waals surface area contributed by atoms with Gasteiger partial charge in [-0.1, -0.05) is 23.8 Å². The molecule has 0 aliphatic rings. The van der Waals surface area contributed by atoms with E-state index in [-0.39, 0.29) is 18.3 Å². The van der Waals surface area contributed by atoms with Crippen molar-refractivity contribution in [2.45, 2.75) is 33.2 Å². The molecule has 2 aromatic carbocycles. The number of H-pyrrole nitrogens is 1. The molecule has 0 aliphatic carbocycles. The van der Waals surface area contributed by atoms with E-state index in [0.29, 0.717) is 24.6 Å². The molecule has 4 N–H and O–H groups in total. The Balaban J connectivity index is 0.00000261. The highest BCUT2D eigenvalue weighted by Crippen LogP contribution is 2.18. The Morgan fingerprint density at radius 3 is 2.52 bits per heavy atom. The number of aromatic nitrogens is 3. The van der Waals surface area contributed by atoms with Crippen LogP contribution in [0.25, 0.3) is 11.4 Å². The van der Waals surface area contributed by atoms with Gasteiger partial charge in [0.1, 0.15) is 5.82 Å². The maximum atomic E-state index is 12.2. The number of nitrogens with one attached hydrogen (secondary N) is 2. The summed E-state index contributed by atoms with van der Waals surface area (Å²) in [5.74, 6) is 1.24. The zero-order chi connectivity index (χ0) is 18.5. The van der Waals surface area contributed by atoms with Crippen LogP contribution in [0.2, 0.25) is 0 Å². The van der Waals surface area contributed by atoms with Gasteiger partial charge in [-0.3, -0.25) is 9.89 Å². The molecule has 0 atom stereocenters. The number of aryl methyl sites for hydroxylation is 3. The molecule has 0 unspecified atom stereocenters. The lowest BCUT2D eigenvalue weighted by Gasteiger charge is -2.08. The van der Waals surface area contributed by atoms with Crippen LogP contribution in [0, 0.1) is 13.8 Å². The zero-order valence-electron chi connectivity index (χ0n) is 15.5. The maximum Gasteiger partial charge on any atom is 0.224 e. The summed E-state index contributed by atoms with van der Waals surface area (Å²) in [6.07, 6.45) is 1.18. The highest BCUT2D eigenvalue weighted by molar-refractivity contribution is 5.91. The number of anilines is 1. The molecule has 0 bridgehead atoms. The van der Waals surface area contributed by atoms with Gasteiger partial charge in [0.05, 0.1) is 6.54 Å². The Labute approximate surface area is 165 Å². The van der Waals surface area contributed by atoms with Gasteiger partial charge in [0.25, 0.3) is 0 Å². The fraction of sp³-hybridized carbons (Fsp3) is 0.250. The topological polar surface area (TPSA) is 96.7 Å². The van der Waals surface area contributed by atoms with Gasteiger partial charge in [-0.15, -0.1) is 12.4 Å². The summed E-state index contributed by atoms with van der Waals surface area (Å²) < 4.78 is 0. The summed E-state index contributed by atoms with van der Waals surface area (Å²) in [7, 11) is 0. The Morgan fingerprint density at radius 2 is 1.89 bits per heavy atom. The largest absolute Gasteiger partial charge is 0.326 e. The lowest BCUT2D eigenvalue weighted by atomic mass is 10.0. The number of aromatic amines is 1. The number of halogens is 1. The van der Waals surface area contributed by atoms with E-state index >= 15 is 0 Å². The molecule has 27 heavy (non-hydrogen) atoms. The zero-order valence-corrected chi connectivity index (χ0v) is 16.3. The molecule has 3 aromatic rings. The number of nitrogens with two attached hydrogens (primary N) is 1. The summed E-state index contributed by atoms with van der Waals surface area (Å²) in [5, 5.41) is 9.84. The normalized spacial score (nSPS) is 10.3. The Kier molecular flexibility index (Phi) is 7.10. The van der Waals surface area contributed by atoms with Crippen LogP contribution >= 0.6 is 12.4 Å². The first kappa shape index (κ1) is 20.6. The predicted molar refractivity (Wildman–Crippen MR) is 110 cm³/mol. The van der Waals surface area contributed by atoms with E-state index in [1.165, 1.54) is 16.7 Å². The summed E-state index contributed by atoms with van der Waals surface area (Å²) >= 11 is 0. The summed E-state index contributed by atoms with van der Waals surface area (Å²) in [5.41, 5.74) is 10.8. The van der Waals surface area contributed by atoms with Crippen LogP contribution in [0.3, 0.4) is 0 Å². The molecule has 142 valence electrons. The van der Waals surface area contributed by atoms with Crippen molar-refractivity contribution in [1.82, 2.24) is 15.2 Å². The molecule has 0 spiro atoms. The van der Waals surface area contributed by atoms with Crippen molar-refractivity contribution in [2.24, 2.45) is 5.73 Å². The van der Waals surface area contributed by atoms with E-state index in [0.717, 1.165) is 17.7 Å². The number of nitrogens with zero attached hydrogens (tertiary/aromatic N) is 2. The van der Waals surface area contributed by atoms with Crippen molar-refractivity contribution >= 4 is 24.0 Å². The van der Waals surface area contributed by atoms with Gasteiger partial charge < -0.3 is 11.1 Å². The number of hydrogen-bond acceptors (Lipinski definition) is 4. The molecule has 0 saturated carbocycles. The van der Waals surface area contributed by atoms with Gasteiger partial charge in [-0.05, 0) is 55.7 Å². The summed E-state index contributed by atoms with van der Waals surface area (Å²) in [6, 6.07) is 13.8. The van der Waals surface area contributed by atoms with Crippen molar-refractivity contribution in [2.75, 3.05) is 5.32 Å². The van der Waals surface area contributed by atoms with E-state index in [9.17, 15) is 4.79 Å². The number of carbonyl (C=O) groups is 1. The maximum absolute atomic E-state index is 12.2. The summed E-state index contributed by atoms with van der Waals surface area (Å²) in [6.45, 7) is 4.47. The van der Waals surface area contributed by atoms with Gasteiger partial charge >= 0.3 is 0 Å². The first-order valence-electron chi connectivity index (χ1n) is 8.63. The second-order valence-electron chi connectivity index (χ2n) is 6.37. The number of benzene rings is 2. The smallest absolute Gasteiger partial charge is 0.224 e. The molecule has 1 heterocycles. The van der Waals surface area contributed by atoms with Crippen molar-refractivity contribution < 1.29 is 4.79 Å². The first-order valence-corrected chi connectivity index (χ1v) is 8.63. The van der Waals surface area contributed by atoms with Crippen molar-refractivity contribution in [3.05, 3.63) is 65.0 Å². The van der Waals surface area contributed by atoms with Gasteiger partial charge in [-0.2, -0.15) is 5.10 Å². The van der Waals surface area contributed by atoms with Gasteiger partial charge in [-0.25, -0.2) is 4.98 Å². The first-order chi connectivity index (χ1) is 12.5. The van der Waals surface area contributed by atoms with E-state index in [2.05, 4.69) is 52.5 Å². The van der Waals surface area contributed by atoms with Crippen LogP contribution in [0.1, 0.15) is 28.9 Å². The molecule has 0 fully saturated rings. The van der Waals surface area contributed by atoms with Gasteiger partial charge in [0, 0.05) is 17.7 Å². The molecular weight excluding hydrogens is 362 g/mol. The van der Waals surface area contributed by atoms with Crippen molar-refractivity contribution in [1.29, 1.82) is 0 Å². The van der Waals surface area contributed by atoms with E-state index in [4.69, 9.17) is 5.73 Å². The predicted octanol–water partition coefficient (Wildman–Crippen LogP) is 3.54. The van der Waals surface area contributed by atoms with Crippen LogP contribution in [-0.2, 0) is 17.8 Å². The SMILES string of the molecule is Cc1ccc(CCC(=O)Nc2ccc(-c3n[nH]c(CN)n3)cc2)c(C)c1.Cl. The highest BCUT2D eigenvalue weighted by Gasteiger charge is 2.07. The minimum Gasteiger partial charge on any atom is -0.326 e. The molecule has 6 nitrogen and oxygen atoms in total. The van der Waals surface area contributed by atoms with Crippen LogP contribution in [0.5, 0.6) is 0 Å². The molecule has 1 aromatic heterocycles. The van der Waals surface area contributed by atoms with Crippen LogP contribution in [0.4, 0.5) is 5.69 Å². The van der Waals surface area contributed by atoms with Gasteiger partial charge in [0.2, 0.25) is 5.91 Å². The molecule has 7 heteroatoms. The molecule has 0 saturated heterocycles. The van der Waals surface area contributed by atoms with Gasteiger partial charge in [0.15, 0.2) is 5.82 Å². The average Bonchev–Trinajstić information content (AvgIpc) is 3.11. The monoisotopic (exact) mass is 385 g/mol. The third kappa shape index (κ3) is 5.39. The Bertz CT molecular complexity index is 905. The van der Waals surface area contributed by atoms with Crippen LogP contribution in [-0.4, -0.2) is 21.1 Å². The minimum absolute atomic E-state index is 0. The molecule has 0 radical (unpaired) electrons. The summed E-state index contributed by atoms with van der Waals surface area (Å²) in [4.78, 5) is 16.5. The molecule has 0 aliphatic heterocycles.